The van der Waals surface area contributed by atoms with Crippen molar-refractivity contribution >= 4 is 0 Å². The Kier molecular flexibility index (Phi) is 5.71. The van der Waals surface area contributed by atoms with Crippen LogP contribution in [0, 0.1) is 17.8 Å². The lowest BCUT2D eigenvalue weighted by atomic mass is 9.98. The van der Waals surface area contributed by atoms with Gasteiger partial charge in [0.05, 0.1) is 6.10 Å². The number of hydrogen-bond acceptors (Lipinski definition) is 1. The zero-order valence-electron chi connectivity index (χ0n) is 9.26. The van der Waals surface area contributed by atoms with E-state index >= 15 is 0 Å². The van der Waals surface area contributed by atoms with E-state index in [0.29, 0.717) is 0 Å². The molecule has 0 amide bonds. The molecule has 0 aromatic carbocycles. The van der Waals surface area contributed by atoms with Gasteiger partial charge in [0.25, 0.3) is 0 Å². The summed E-state index contributed by atoms with van der Waals surface area (Å²) in [5, 5.41) is 9.80. The smallest absolute Gasteiger partial charge is 0.0677 e. The van der Waals surface area contributed by atoms with Gasteiger partial charge in [-0.3, -0.25) is 0 Å². The monoisotopic (exact) mass is 194 g/mol. The fourth-order valence-electron chi connectivity index (χ4n) is 1.92. The molecule has 0 aromatic heterocycles. The number of aliphatic hydroxyl groups excluding tert-OH is 1. The van der Waals surface area contributed by atoms with Crippen LogP contribution in [0.5, 0.6) is 0 Å². The summed E-state index contributed by atoms with van der Waals surface area (Å²) < 4.78 is 0. The van der Waals surface area contributed by atoms with Crippen LogP contribution in [-0.4, -0.2) is 11.2 Å². The first kappa shape index (κ1) is 11.6. The minimum absolute atomic E-state index is 0.161. The molecular formula is C13H22O. The van der Waals surface area contributed by atoms with E-state index in [-0.39, 0.29) is 12.0 Å². The van der Waals surface area contributed by atoms with E-state index in [1.54, 1.807) is 0 Å². The van der Waals surface area contributed by atoms with Crippen molar-refractivity contribution in [1.82, 2.24) is 0 Å². The highest BCUT2D eigenvalue weighted by Gasteiger charge is 2.18. The van der Waals surface area contributed by atoms with Crippen LogP contribution in [0.4, 0.5) is 0 Å². The Morgan fingerprint density at radius 1 is 1.21 bits per heavy atom. The lowest BCUT2D eigenvalue weighted by Gasteiger charge is -2.13. The van der Waals surface area contributed by atoms with Crippen LogP contribution in [0.15, 0.2) is 0 Å². The second-order valence-electron chi connectivity index (χ2n) is 4.24. The van der Waals surface area contributed by atoms with E-state index < -0.39 is 0 Å². The van der Waals surface area contributed by atoms with Gasteiger partial charge < -0.3 is 5.11 Å². The average molecular weight is 194 g/mol. The summed E-state index contributed by atoms with van der Waals surface area (Å²) in [5.41, 5.74) is 0. The van der Waals surface area contributed by atoms with Crippen molar-refractivity contribution in [3.8, 4) is 11.8 Å². The minimum atomic E-state index is -0.161. The van der Waals surface area contributed by atoms with Crippen molar-refractivity contribution in [3.05, 3.63) is 0 Å². The first-order valence-electron chi connectivity index (χ1n) is 6.01. The van der Waals surface area contributed by atoms with Crippen LogP contribution in [0.25, 0.3) is 0 Å². The highest BCUT2D eigenvalue weighted by Crippen LogP contribution is 2.22. The van der Waals surface area contributed by atoms with Crippen LogP contribution >= 0.6 is 0 Å². The van der Waals surface area contributed by atoms with Crippen LogP contribution < -0.4 is 0 Å². The van der Waals surface area contributed by atoms with Crippen LogP contribution in [0.1, 0.15) is 58.3 Å². The molecule has 1 unspecified atom stereocenters. The Labute approximate surface area is 87.9 Å². The molecule has 1 rings (SSSR count). The molecule has 0 spiro atoms. The Hall–Kier alpha value is -0.480. The van der Waals surface area contributed by atoms with E-state index in [1.807, 2.05) is 0 Å². The van der Waals surface area contributed by atoms with Crippen molar-refractivity contribution in [1.29, 1.82) is 0 Å². The summed E-state index contributed by atoms with van der Waals surface area (Å²) in [6, 6.07) is 0. The predicted octanol–water partition coefficient (Wildman–Crippen LogP) is 3.12. The van der Waals surface area contributed by atoms with Crippen LogP contribution in [0.2, 0.25) is 0 Å². The Bertz CT molecular complexity index is 199. The molecule has 14 heavy (non-hydrogen) atoms. The zero-order chi connectivity index (χ0) is 10.2. The van der Waals surface area contributed by atoms with Crippen molar-refractivity contribution in [2.75, 3.05) is 0 Å². The van der Waals surface area contributed by atoms with Gasteiger partial charge >= 0.3 is 0 Å². The molecule has 1 aliphatic rings. The summed E-state index contributed by atoms with van der Waals surface area (Å²) in [7, 11) is 0. The Balaban J connectivity index is 2.34. The fourth-order valence-corrected chi connectivity index (χ4v) is 1.92. The normalized spacial score (nSPS) is 27.6. The molecule has 0 aromatic rings. The van der Waals surface area contributed by atoms with Gasteiger partial charge in [-0.05, 0) is 19.3 Å². The fraction of sp³-hybridized carbons (Fsp3) is 0.846. The van der Waals surface area contributed by atoms with Gasteiger partial charge in [-0.15, -0.1) is 5.92 Å². The van der Waals surface area contributed by atoms with Crippen molar-refractivity contribution in [2.45, 2.75) is 64.4 Å². The van der Waals surface area contributed by atoms with E-state index in [2.05, 4.69) is 18.8 Å². The summed E-state index contributed by atoms with van der Waals surface area (Å²) >= 11 is 0. The zero-order valence-corrected chi connectivity index (χ0v) is 9.26. The van der Waals surface area contributed by atoms with E-state index in [9.17, 15) is 5.11 Å². The minimum Gasteiger partial charge on any atom is -0.392 e. The number of hydrogen-bond donors (Lipinski definition) is 1. The summed E-state index contributed by atoms with van der Waals surface area (Å²) in [4.78, 5) is 0. The third-order valence-electron chi connectivity index (χ3n) is 2.92. The molecule has 0 aliphatic heterocycles. The number of unbranched alkanes of at least 4 members (excludes halogenated alkanes) is 2. The lowest BCUT2D eigenvalue weighted by molar-refractivity contribution is 0.127. The third-order valence-corrected chi connectivity index (χ3v) is 2.92. The third kappa shape index (κ3) is 4.15. The molecule has 1 nitrogen and oxygen atoms in total. The lowest BCUT2D eigenvalue weighted by Crippen LogP contribution is -2.16. The molecule has 80 valence electrons. The van der Waals surface area contributed by atoms with E-state index in [1.165, 1.54) is 32.1 Å². The molecule has 0 heterocycles. The second kappa shape index (κ2) is 6.90. The first-order chi connectivity index (χ1) is 6.84. The Morgan fingerprint density at radius 3 is 2.79 bits per heavy atom. The van der Waals surface area contributed by atoms with Gasteiger partial charge in [-0.2, -0.15) is 0 Å². The summed E-state index contributed by atoms with van der Waals surface area (Å²) in [6.07, 6.45) is 8.97. The highest BCUT2D eigenvalue weighted by molar-refractivity contribution is 5.06. The molecule has 1 N–H and O–H groups in total. The molecule has 1 heteroatoms. The van der Waals surface area contributed by atoms with Crippen LogP contribution in [0.3, 0.4) is 0 Å². The molecule has 0 bridgehead atoms. The summed E-state index contributed by atoms with van der Waals surface area (Å²) in [5.74, 6) is 6.71. The first-order valence-corrected chi connectivity index (χ1v) is 6.01. The molecular weight excluding hydrogens is 172 g/mol. The van der Waals surface area contributed by atoms with E-state index in [4.69, 9.17) is 0 Å². The topological polar surface area (TPSA) is 20.2 Å². The largest absolute Gasteiger partial charge is 0.392 e. The van der Waals surface area contributed by atoms with Gasteiger partial charge in [-0.25, -0.2) is 0 Å². The maximum absolute atomic E-state index is 9.80. The standard InChI is InChI=1S/C13H22O/c1-2-3-4-6-9-12-10-7-5-8-11-13(12)14/h12-14H,2-5,7-8,10-11H2,1H3/t12?,13-/m1/s1. The van der Waals surface area contributed by atoms with Gasteiger partial charge in [0, 0.05) is 12.3 Å². The predicted molar refractivity (Wildman–Crippen MR) is 59.9 cm³/mol. The SMILES string of the molecule is CCCCC#CC1CCCCC[C@H]1O. The molecule has 1 saturated carbocycles. The molecule has 1 fully saturated rings. The number of aliphatic hydroxyl groups is 1. The van der Waals surface area contributed by atoms with Gasteiger partial charge in [0.1, 0.15) is 0 Å². The van der Waals surface area contributed by atoms with Gasteiger partial charge in [-0.1, -0.05) is 38.5 Å². The average Bonchev–Trinajstić information content (AvgIpc) is 2.39. The Morgan fingerprint density at radius 2 is 2.00 bits per heavy atom. The summed E-state index contributed by atoms with van der Waals surface area (Å²) in [6.45, 7) is 2.18. The van der Waals surface area contributed by atoms with Crippen molar-refractivity contribution in [3.63, 3.8) is 0 Å². The number of rotatable bonds is 2. The molecule has 0 saturated heterocycles. The van der Waals surface area contributed by atoms with Gasteiger partial charge in [0.2, 0.25) is 0 Å². The maximum Gasteiger partial charge on any atom is 0.0677 e. The maximum atomic E-state index is 9.80. The quantitative estimate of drug-likeness (QED) is 0.407. The van der Waals surface area contributed by atoms with E-state index in [0.717, 1.165) is 19.3 Å². The second-order valence-corrected chi connectivity index (χ2v) is 4.24. The van der Waals surface area contributed by atoms with Crippen molar-refractivity contribution in [2.24, 2.45) is 5.92 Å². The molecule has 1 aliphatic carbocycles. The van der Waals surface area contributed by atoms with Crippen LogP contribution in [-0.2, 0) is 0 Å². The van der Waals surface area contributed by atoms with Gasteiger partial charge in [0.15, 0.2) is 0 Å². The molecule has 0 radical (unpaired) electrons. The molecule has 2 atom stereocenters. The highest BCUT2D eigenvalue weighted by atomic mass is 16.3. The van der Waals surface area contributed by atoms with Crippen molar-refractivity contribution < 1.29 is 5.11 Å².